The van der Waals surface area contributed by atoms with E-state index in [9.17, 15) is 9.18 Å². The Balaban J connectivity index is 1.41. The number of nitrogens with zero attached hydrogens (tertiary/aromatic N) is 4. The van der Waals surface area contributed by atoms with Gasteiger partial charge in [-0.3, -0.25) is 9.36 Å². The molecule has 6 nitrogen and oxygen atoms in total. The summed E-state index contributed by atoms with van der Waals surface area (Å²) < 4.78 is 20.5. The van der Waals surface area contributed by atoms with Crippen molar-refractivity contribution in [1.82, 2.24) is 19.4 Å². The number of hydrogen-bond acceptors (Lipinski definition) is 4. The number of carbonyl (C=O) groups excluding carboxylic acids is 1. The van der Waals surface area contributed by atoms with Crippen molar-refractivity contribution < 1.29 is 13.9 Å². The molecule has 30 heavy (non-hydrogen) atoms. The van der Waals surface area contributed by atoms with Crippen LogP contribution in [0.4, 0.5) is 4.39 Å². The number of ether oxygens (including phenoxy) is 1. The zero-order valence-corrected chi connectivity index (χ0v) is 17.0. The summed E-state index contributed by atoms with van der Waals surface area (Å²) in [4.78, 5) is 23.7. The van der Waals surface area contributed by atoms with Crippen molar-refractivity contribution in [2.24, 2.45) is 0 Å². The van der Waals surface area contributed by atoms with E-state index in [1.807, 2.05) is 33.9 Å². The topological polar surface area (TPSA) is 60.2 Å². The highest BCUT2D eigenvalue weighted by Crippen LogP contribution is 2.26. The molecular formula is C23H25FN4O2. The van der Waals surface area contributed by atoms with E-state index in [4.69, 9.17) is 9.72 Å². The summed E-state index contributed by atoms with van der Waals surface area (Å²) in [5.41, 5.74) is 0.986. The van der Waals surface area contributed by atoms with Gasteiger partial charge in [-0.25, -0.2) is 14.4 Å². The fourth-order valence-corrected chi connectivity index (χ4v) is 3.82. The summed E-state index contributed by atoms with van der Waals surface area (Å²) in [6.45, 7) is 3.35. The Morgan fingerprint density at radius 3 is 2.87 bits per heavy atom. The maximum atomic E-state index is 13.0. The van der Waals surface area contributed by atoms with E-state index < -0.39 is 0 Å². The van der Waals surface area contributed by atoms with E-state index in [1.54, 1.807) is 6.20 Å². The van der Waals surface area contributed by atoms with Crippen LogP contribution in [0.25, 0.3) is 5.82 Å². The molecule has 4 rings (SSSR count). The minimum Gasteiger partial charge on any atom is -0.484 e. The molecule has 156 valence electrons. The summed E-state index contributed by atoms with van der Waals surface area (Å²) in [6.07, 6.45) is 6.45. The second-order valence-electron chi connectivity index (χ2n) is 7.41. The van der Waals surface area contributed by atoms with Gasteiger partial charge in [0.15, 0.2) is 6.61 Å². The smallest absolute Gasteiger partial charge is 0.260 e. The summed E-state index contributed by atoms with van der Waals surface area (Å²) in [5, 5.41) is 0. The first-order valence-electron chi connectivity index (χ1n) is 10.3. The molecule has 0 aliphatic carbocycles. The maximum Gasteiger partial charge on any atom is 0.260 e. The number of halogens is 1. The molecular weight excluding hydrogens is 383 g/mol. The van der Waals surface area contributed by atoms with E-state index in [0.29, 0.717) is 18.8 Å². The molecule has 3 heterocycles. The van der Waals surface area contributed by atoms with Crippen molar-refractivity contribution in [3.8, 4) is 11.6 Å². The Bertz CT molecular complexity index is 1000. The number of hydrogen-bond donors (Lipinski definition) is 0. The van der Waals surface area contributed by atoms with Crippen molar-refractivity contribution in [3.63, 3.8) is 0 Å². The molecule has 0 radical (unpaired) electrons. The van der Waals surface area contributed by atoms with Crippen LogP contribution in [0.1, 0.15) is 37.2 Å². The molecule has 2 aromatic heterocycles. The lowest BCUT2D eigenvalue weighted by Crippen LogP contribution is -2.41. The first-order valence-corrected chi connectivity index (χ1v) is 10.3. The second-order valence-corrected chi connectivity index (χ2v) is 7.41. The Morgan fingerprint density at radius 1 is 1.23 bits per heavy atom. The monoisotopic (exact) mass is 408 g/mol. The number of aryl methyl sites for hydroxylation is 1. The summed E-state index contributed by atoms with van der Waals surface area (Å²) in [7, 11) is 0. The lowest BCUT2D eigenvalue weighted by Gasteiger charge is -2.32. The fourth-order valence-electron chi connectivity index (χ4n) is 3.82. The fraction of sp³-hybridized carbons (Fsp3) is 0.348. The number of piperidine rings is 1. The third kappa shape index (κ3) is 4.50. The molecule has 0 N–H and O–H groups in total. The Hall–Kier alpha value is -3.22. The zero-order valence-electron chi connectivity index (χ0n) is 17.0. The standard InChI is InChI=1S/C23H25FN4O2/c1-2-21-25-12-14-28(21)22-7-3-6-20(26-22)17-5-4-13-27(15-17)23(29)16-30-19-10-8-18(24)9-11-19/h3,6-12,14,17H,2,4-5,13,15-16H2,1H3. The minimum absolute atomic E-state index is 0.0548. The first-order chi connectivity index (χ1) is 14.6. The highest BCUT2D eigenvalue weighted by molar-refractivity contribution is 5.78. The Kier molecular flexibility index (Phi) is 6.07. The van der Waals surface area contributed by atoms with Crippen LogP contribution in [0, 0.1) is 5.82 Å². The van der Waals surface area contributed by atoms with E-state index in [1.165, 1.54) is 24.3 Å². The van der Waals surface area contributed by atoms with Crippen molar-refractivity contribution >= 4 is 5.91 Å². The third-order valence-corrected chi connectivity index (χ3v) is 5.40. The average Bonchev–Trinajstić information content (AvgIpc) is 3.28. The predicted molar refractivity (Wildman–Crippen MR) is 111 cm³/mol. The number of carbonyl (C=O) groups is 1. The van der Waals surface area contributed by atoms with Gasteiger partial charge >= 0.3 is 0 Å². The summed E-state index contributed by atoms with van der Waals surface area (Å²) in [5.74, 6) is 2.09. The van der Waals surface area contributed by atoms with Crippen LogP contribution in [-0.2, 0) is 11.2 Å². The van der Waals surface area contributed by atoms with Crippen molar-refractivity contribution in [1.29, 1.82) is 0 Å². The molecule has 7 heteroatoms. The molecule has 1 aromatic carbocycles. The van der Waals surface area contributed by atoms with Crippen LogP contribution < -0.4 is 4.74 Å². The summed E-state index contributed by atoms with van der Waals surface area (Å²) in [6, 6.07) is 11.7. The Labute approximate surface area is 175 Å². The predicted octanol–water partition coefficient (Wildman–Crippen LogP) is 3.75. The average molecular weight is 408 g/mol. The van der Waals surface area contributed by atoms with E-state index in [0.717, 1.165) is 36.6 Å². The molecule has 1 aliphatic heterocycles. The number of rotatable bonds is 6. The van der Waals surface area contributed by atoms with Gasteiger partial charge < -0.3 is 9.64 Å². The lowest BCUT2D eigenvalue weighted by atomic mass is 9.94. The number of benzene rings is 1. The van der Waals surface area contributed by atoms with Gasteiger partial charge in [0, 0.05) is 43.5 Å². The van der Waals surface area contributed by atoms with Crippen LogP contribution in [0.5, 0.6) is 5.75 Å². The lowest BCUT2D eigenvalue weighted by molar-refractivity contribution is -0.134. The minimum atomic E-state index is -0.330. The first kappa shape index (κ1) is 20.1. The van der Waals surface area contributed by atoms with Crippen LogP contribution in [0.3, 0.4) is 0 Å². The zero-order chi connectivity index (χ0) is 20.9. The normalized spacial score (nSPS) is 16.5. The van der Waals surface area contributed by atoms with Gasteiger partial charge in [-0.05, 0) is 49.2 Å². The van der Waals surface area contributed by atoms with Gasteiger partial charge in [0.05, 0.1) is 0 Å². The van der Waals surface area contributed by atoms with Gasteiger partial charge in [0.25, 0.3) is 5.91 Å². The van der Waals surface area contributed by atoms with Crippen molar-refractivity contribution in [3.05, 3.63) is 72.2 Å². The largest absolute Gasteiger partial charge is 0.484 e. The highest BCUT2D eigenvalue weighted by atomic mass is 19.1. The molecule has 3 aromatic rings. The molecule has 0 saturated carbocycles. The van der Waals surface area contributed by atoms with Gasteiger partial charge in [0.2, 0.25) is 0 Å². The van der Waals surface area contributed by atoms with Crippen molar-refractivity contribution in [2.45, 2.75) is 32.1 Å². The van der Waals surface area contributed by atoms with Crippen LogP contribution in [0.2, 0.25) is 0 Å². The van der Waals surface area contributed by atoms with Crippen molar-refractivity contribution in [2.75, 3.05) is 19.7 Å². The van der Waals surface area contributed by atoms with Crippen LogP contribution in [0.15, 0.2) is 54.9 Å². The van der Waals surface area contributed by atoms with Gasteiger partial charge in [-0.1, -0.05) is 13.0 Å². The van der Waals surface area contributed by atoms with Gasteiger partial charge in [-0.2, -0.15) is 0 Å². The number of likely N-dealkylation sites (tertiary alicyclic amines) is 1. The maximum absolute atomic E-state index is 13.0. The number of pyridine rings is 1. The van der Waals surface area contributed by atoms with Gasteiger partial charge in [-0.15, -0.1) is 0 Å². The van der Waals surface area contributed by atoms with Crippen LogP contribution >= 0.6 is 0 Å². The SMILES string of the molecule is CCc1nccn1-c1cccc(C2CCCN(C(=O)COc3ccc(F)cc3)C2)n1. The number of imidazole rings is 1. The van der Waals surface area contributed by atoms with Gasteiger partial charge in [0.1, 0.15) is 23.2 Å². The van der Waals surface area contributed by atoms with Crippen LogP contribution in [-0.4, -0.2) is 45.0 Å². The van der Waals surface area contributed by atoms with E-state index >= 15 is 0 Å². The highest BCUT2D eigenvalue weighted by Gasteiger charge is 2.26. The molecule has 1 atom stereocenters. The number of aromatic nitrogens is 3. The second kappa shape index (κ2) is 9.07. The molecule has 1 amide bonds. The summed E-state index contributed by atoms with van der Waals surface area (Å²) >= 11 is 0. The molecule has 1 unspecified atom stereocenters. The third-order valence-electron chi connectivity index (χ3n) is 5.40. The Morgan fingerprint density at radius 2 is 2.07 bits per heavy atom. The molecule has 1 fully saturated rings. The molecule has 1 saturated heterocycles. The molecule has 1 aliphatic rings. The molecule has 0 bridgehead atoms. The quantitative estimate of drug-likeness (QED) is 0.623. The number of amides is 1. The molecule has 0 spiro atoms. The van der Waals surface area contributed by atoms with E-state index in [-0.39, 0.29) is 24.2 Å². The van der Waals surface area contributed by atoms with E-state index in [2.05, 4.69) is 11.9 Å².